The van der Waals surface area contributed by atoms with E-state index in [4.69, 9.17) is 9.72 Å². The first kappa shape index (κ1) is 19.1. The molecule has 0 aliphatic rings. The third-order valence-corrected chi connectivity index (χ3v) is 5.75. The van der Waals surface area contributed by atoms with Crippen molar-refractivity contribution in [1.82, 2.24) is 9.97 Å². The zero-order valence-corrected chi connectivity index (χ0v) is 17.1. The number of benzene rings is 2. The Morgan fingerprint density at radius 1 is 1.10 bits per heavy atom. The lowest BCUT2D eigenvalue weighted by atomic mass is 10.2. The van der Waals surface area contributed by atoms with E-state index in [9.17, 15) is 4.79 Å². The number of hydrogen-bond donors (Lipinski definition) is 0. The van der Waals surface area contributed by atoms with Crippen LogP contribution in [-0.2, 0) is 13.0 Å². The first-order chi connectivity index (χ1) is 14.2. The van der Waals surface area contributed by atoms with Crippen LogP contribution in [0.5, 0.6) is 5.75 Å². The summed E-state index contributed by atoms with van der Waals surface area (Å²) in [5.74, 6) is 0.595. The van der Waals surface area contributed by atoms with E-state index in [1.165, 1.54) is 16.9 Å². The lowest BCUT2D eigenvalue weighted by Gasteiger charge is -2.19. The first-order valence-corrected chi connectivity index (χ1v) is 10.2. The standard InChI is InChI=1S/C23H21N3O2S/c1-3-16-7-12-20-21(14-16)29-23(25-20)26(15-18-6-4-5-13-24-18)22(27)17-8-10-19(28-2)11-9-17/h4-14H,3,15H2,1-2H3. The smallest absolute Gasteiger partial charge is 0.260 e. The zero-order chi connectivity index (χ0) is 20.2. The average molecular weight is 404 g/mol. The van der Waals surface area contributed by atoms with Gasteiger partial charge in [-0.3, -0.25) is 14.7 Å². The maximum absolute atomic E-state index is 13.4. The molecule has 1 amide bonds. The Morgan fingerprint density at radius 2 is 1.93 bits per heavy atom. The van der Waals surface area contributed by atoms with Crippen LogP contribution in [0.15, 0.2) is 66.9 Å². The Bertz CT molecular complexity index is 1120. The summed E-state index contributed by atoms with van der Waals surface area (Å²) in [6.45, 7) is 2.48. The van der Waals surface area contributed by atoms with Gasteiger partial charge < -0.3 is 4.74 Å². The molecule has 2 heterocycles. The van der Waals surface area contributed by atoms with Gasteiger partial charge in [0.25, 0.3) is 5.91 Å². The molecule has 0 aliphatic heterocycles. The number of pyridine rings is 1. The summed E-state index contributed by atoms with van der Waals surface area (Å²) in [6.07, 6.45) is 2.70. The van der Waals surface area contributed by atoms with E-state index < -0.39 is 0 Å². The number of thiazole rings is 1. The predicted molar refractivity (Wildman–Crippen MR) is 117 cm³/mol. The fourth-order valence-corrected chi connectivity index (χ4v) is 4.09. The summed E-state index contributed by atoms with van der Waals surface area (Å²) in [4.78, 5) is 24.2. The molecular formula is C23H21N3O2S. The Kier molecular flexibility index (Phi) is 5.53. The van der Waals surface area contributed by atoms with Gasteiger partial charge in [-0.1, -0.05) is 30.4 Å². The Labute approximate surface area is 173 Å². The van der Waals surface area contributed by atoms with E-state index >= 15 is 0 Å². The van der Waals surface area contributed by atoms with Crippen molar-refractivity contribution in [2.45, 2.75) is 19.9 Å². The van der Waals surface area contributed by atoms with Crippen molar-refractivity contribution in [3.63, 3.8) is 0 Å². The van der Waals surface area contributed by atoms with E-state index in [0.717, 1.165) is 22.3 Å². The van der Waals surface area contributed by atoms with Crippen LogP contribution in [0.3, 0.4) is 0 Å². The van der Waals surface area contributed by atoms with Crippen molar-refractivity contribution in [1.29, 1.82) is 0 Å². The lowest BCUT2D eigenvalue weighted by molar-refractivity contribution is 0.0985. The van der Waals surface area contributed by atoms with Crippen LogP contribution in [0, 0.1) is 0 Å². The van der Waals surface area contributed by atoms with E-state index in [-0.39, 0.29) is 5.91 Å². The molecule has 0 unspecified atom stereocenters. The van der Waals surface area contributed by atoms with Crippen molar-refractivity contribution in [3.8, 4) is 5.75 Å². The van der Waals surface area contributed by atoms with E-state index in [2.05, 4.69) is 24.0 Å². The van der Waals surface area contributed by atoms with Gasteiger partial charge in [0.2, 0.25) is 0 Å². The average Bonchev–Trinajstić information content (AvgIpc) is 3.20. The molecule has 146 valence electrons. The Morgan fingerprint density at radius 3 is 2.62 bits per heavy atom. The number of methoxy groups -OCH3 is 1. The number of rotatable bonds is 6. The number of aromatic nitrogens is 2. The zero-order valence-electron chi connectivity index (χ0n) is 16.3. The lowest BCUT2D eigenvalue weighted by Crippen LogP contribution is -2.30. The summed E-state index contributed by atoms with van der Waals surface area (Å²) in [6, 6.07) is 19.1. The maximum Gasteiger partial charge on any atom is 0.260 e. The van der Waals surface area contributed by atoms with Gasteiger partial charge in [0.1, 0.15) is 5.75 Å². The second kappa shape index (κ2) is 8.41. The highest BCUT2D eigenvalue weighted by molar-refractivity contribution is 7.22. The number of hydrogen-bond acceptors (Lipinski definition) is 5. The number of carbonyl (C=O) groups excluding carboxylic acids is 1. The molecular weight excluding hydrogens is 382 g/mol. The summed E-state index contributed by atoms with van der Waals surface area (Å²) in [5, 5.41) is 0.666. The maximum atomic E-state index is 13.4. The topological polar surface area (TPSA) is 55.3 Å². The molecule has 0 saturated heterocycles. The van der Waals surface area contributed by atoms with Gasteiger partial charge in [0.05, 0.1) is 29.6 Å². The molecule has 0 aliphatic carbocycles. The number of carbonyl (C=O) groups is 1. The molecule has 0 spiro atoms. The van der Waals surface area contributed by atoms with Gasteiger partial charge in [-0.2, -0.15) is 0 Å². The number of amides is 1. The first-order valence-electron chi connectivity index (χ1n) is 9.43. The van der Waals surface area contributed by atoms with Crippen molar-refractivity contribution in [2.75, 3.05) is 12.0 Å². The molecule has 29 heavy (non-hydrogen) atoms. The SMILES string of the molecule is CCc1ccc2nc(N(Cc3ccccn3)C(=O)c3ccc(OC)cc3)sc2c1. The quantitative estimate of drug-likeness (QED) is 0.449. The van der Waals surface area contributed by atoms with Crippen molar-refractivity contribution < 1.29 is 9.53 Å². The summed E-state index contributed by atoms with van der Waals surface area (Å²) < 4.78 is 6.28. The molecule has 0 radical (unpaired) electrons. The molecule has 0 bridgehead atoms. The van der Waals surface area contributed by atoms with Gasteiger partial charge in [0.15, 0.2) is 5.13 Å². The highest BCUT2D eigenvalue weighted by atomic mass is 32.1. The molecule has 6 heteroatoms. The van der Waals surface area contributed by atoms with Gasteiger partial charge >= 0.3 is 0 Å². The van der Waals surface area contributed by atoms with Crippen molar-refractivity contribution in [2.24, 2.45) is 0 Å². The van der Waals surface area contributed by atoms with Crippen LogP contribution in [0.2, 0.25) is 0 Å². The molecule has 4 rings (SSSR count). The van der Waals surface area contributed by atoms with E-state index in [1.54, 1.807) is 42.5 Å². The summed E-state index contributed by atoms with van der Waals surface area (Å²) in [5.41, 5.74) is 3.54. The minimum Gasteiger partial charge on any atom is -0.497 e. The van der Waals surface area contributed by atoms with E-state index in [1.807, 2.05) is 24.3 Å². The summed E-state index contributed by atoms with van der Waals surface area (Å²) >= 11 is 1.53. The van der Waals surface area contributed by atoms with Gasteiger partial charge in [-0.15, -0.1) is 0 Å². The van der Waals surface area contributed by atoms with Crippen LogP contribution < -0.4 is 9.64 Å². The number of fused-ring (bicyclic) bond motifs is 1. The fraction of sp³-hybridized carbons (Fsp3) is 0.174. The molecule has 0 N–H and O–H groups in total. The fourth-order valence-electron chi connectivity index (χ4n) is 3.06. The van der Waals surface area contributed by atoms with E-state index in [0.29, 0.717) is 23.0 Å². The predicted octanol–water partition coefficient (Wildman–Crippen LogP) is 5.11. The van der Waals surface area contributed by atoms with Crippen molar-refractivity contribution in [3.05, 3.63) is 83.7 Å². The normalized spacial score (nSPS) is 10.8. The second-order valence-corrected chi connectivity index (χ2v) is 7.60. The number of aryl methyl sites for hydroxylation is 1. The highest BCUT2D eigenvalue weighted by Gasteiger charge is 2.22. The highest BCUT2D eigenvalue weighted by Crippen LogP contribution is 2.31. The molecule has 0 atom stereocenters. The number of nitrogens with zero attached hydrogens (tertiary/aromatic N) is 3. The molecule has 2 aromatic heterocycles. The number of anilines is 1. The molecule has 0 saturated carbocycles. The van der Waals surface area contributed by atoms with Crippen molar-refractivity contribution >= 4 is 32.6 Å². The van der Waals surface area contributed by atoms with Crippen LogP contribution in [0.4, 0.5) is 5.13 Å². The van der Waals surface area contributed by atoms with Gasteiger partial charge in [0, 0.05) is 11.8 Å². The van der Waals surface area contributed by atoms with Crippen LogP contribution >= 0.6 is 11.3 Å². The van der Waals surface area contributed by atoms with Crippen LogP contribution in [0.1, 0.15) is 28.5 Å². The molecule has 4 aromatic rings. The summed E-state index contributed by atoms with van der Waals surface area (Å²) in [7, 11) is 1.61. The Balaban J connectivity index is 1.74. The minimum atomic E-state index is -0.118. The molecule has 5 nitrogen and oxygen atoms in total. The van der Waals surface area contributed by atoms with Gasteiger partial charge in [-0.05, 0) is 60.5 Å². The third kappa shape index (κ3) is 4.12. The van der Waals surface area contributed by atoms with Crippen LogP contribution in [-0.4, -0.2) is 23.0 Å². The molecule has 0 fully saturated rings. The monoisotopic (exact) mass is 403 g/mol. The largest absolute Gasteiger partial charge is 0.497 e. The Hall–Kier alpha value is -3.25. The third-order valence-electron chi connectivity index (χ3n) is 4.71. The molecule has 2 aromatic carbocycles. The van der Waals surface area contributed by atoms with Crippen LogP contribution in [0.25, 0.3) is 10.2 Å². The second-order valence-electron chi connectivity index (χ2n) is 6.59. The minimum absolute atomic E-state index is 0.118. The van der Waals surface area contributed by atoms with Gasteiger partial charge in [-0.25, -0.2) is 4.98 Å². The number of ether oxygens (including phenoxy) is 1.